The van der Waals surface area contributed by atoms with Crippen LogP contribution in [0.1, 0.15) is 72.3 Å². The third kappa shape index (κ3) is 5.61. The predicted molar refractivity (Wildman–Crippen MR) is 175 cm³/mol. The number of benzene rings is 2. The molecule has 44 heavy (non-hydrogen) atoms. The molecule has 2 aromatic heterocycles. The second-order valence-corrected chi connectivity index (χ2v) is 12.9. The Morgan fingerprint density at radius 2 is 1.80 bits per heavy atom. The van der Waals surface area contributed by atoms with Gasteiger partial charge >= 0.3 is 5.97 Å². The molecule has 3 N–H and O–H groups in total. The summed E-state index contributed by atoms with van der Waals surface area (Å²) in [6, 6.07) is 12.8. The van der Waals surface area contributed by atoms with Crippen LogP contribution >= 0.6 is 11.3 Å². The number of amides is 2. The van der Waals surface area contributed by atoms with E-state index in [0.717, 1.165) is 52.8 Å². The van der Waals surface area contributed by atoms with E-state index in [9.17, 15) is 14.4 Å². The van der Waals surface area contributed by atoms with Crippen LogP contribution in [0.5, 0.6) is 0 Å². The number of hydrogen-bond acceptors (Lipinski definition) is 6. The van der Waals surface area contributed by atoms with Gasteiger partial charge in [-0.2, -0.15) is 0 Å². The van der Waals surface area contributed by atoms with Gasteiger partial charge in [-0.15, -0.1) is 11.3 Å². The highest BCUT2D eigenvalue weighted by molar-refractivity contribution is 7.14. The fraction of sp³-hybridized carbons (Fsp3) is 0.353. The number of fused-ring (bicyclic) bond motifs is 1. The van der Waals surface area contributed by atoms with E-state index in [-0.39, 0.29) is 11.8 Å². The molecule has 4 aromatic rings. The van der Waals surface area contributed by atoms with Crippen LogP contribution in [0.4, 0.5) is 10.8 Å². The normalized spacial score (nSPS) is 16.2. The van der Waals surface area contributed by atoms with Crippen molar-refractivity contribution in [2.24, 2.45) is 7.05 Å². The van der Waals surface area contributed by atoms with Crippen molar-refractivity contribution in [2.75, 3.05) is 24.3 Å². The standard InChI is InChI=1S/C34H37N5O4S/c1-38(2)33-36-26(20-44-33)30-29(22-7-4-5-8-22)25-15-12-23(19-27(25)39(30)3)31(42)37-34(17-6-18-34)32(43)35-24-13-9-21(10-14-24)11-16-28(40)41/h9-16,19-20,22H,4-8,17-18H2,1-3H3,(H,35,43)(H,37,42)(H,40,41)/b16-11+. The van der Waals surface area contributed by atoms with Crippen LogP contribution in [0.2, 0.25) is 0 Å². The minimum absolute atomic E-state index is 0.253. The van der Waals surface area contributed by atoms with Crippen LogP contribution < -0.4 is 15.5 Å². The lowest BCUT2D eigenvalue weighted by molar-refractivity contribution is -0.131. The number of rotatable bonds is 9. The molecule has 0 saturated heterocycles. The van der Waals surface area contributed by atoms with Crippen molar-refractivity contribution in [3.05, 3.63) is 70.6 Å². The monoisotopic (exact) mass is 611 g/mol. The zero-order valence-corrected chi connectivity index (χ0v) is 26.0. The summed E-state index contributed by atoms with van der Waals surface area (Å²) in [4.78, 5) is 44.8. The molecule has 9 nitrogen and oxygen atoms in total. The Balaban J connectivity index is 1.26. The number of aliphatic carboxylic acids is 1. The molecule has 10 heteroatoms. The van der Waals surface area contributed by atoms with Gasteiger partial charge in [-0.25, -0.2) is 9.78 Å². The van der Waals surface area contributed by atoms with Crippen molar-refractivity contribution in [3.63, 3.8) is 0 Å². The molecule has 0 bridgehead atoms. The van der Waals surface area contributed by atoms with E-state index >= 15 is 0 Å². The van der Waals surface area contributed by atoms with Gasteiger partial charge in [-0.3, -0.25) is 9.59 Å². The Hall–Kier alpha value is -4.44. The van der Waals surface area contributed by atoms with Gasteiger partial charge in [0.15, 0.2) is 5.13 Å². The van der Waals surface area contributed by atoms with Crippen molar-refractivity contribution >= 4 is 56.9 Å². The van der Waals surface area contributed by atoms with Crippen LogP contribution in [0.15, 0.2) is 53.9 Å². The molecule has 2 fully saturated rings. The zero-order chi connectivity index (χ0) is 31.0. The minimum Gasteiger partial charge on any atom is -0.478 e. The van der Waals surface area contributed by atoms with E-state index < -0.39 is 11.5 Å². The largest absolute Gasteiger partial charge is 0.478 e. The lowest BCUT2D eigenvalue weighted by Gasteiger charge is -2.40. The smallest absolute Gasteiger partial charge is 0.328 e. The van der Waals surface area contributed by atoms with Gasteiger partial charge in [0.25, 0.3) is 5.91 Å². The predicted octanol–water partition coefficient (Wildman–Crippen LogP) is 6.41. The third-order valence-corrected chi connectivity index (χ3v) is 9.97. The molecule has 2 saturated carbocycles. The molecule has 0 unspecified atom stereocenters. The summed E-state index contributed by atoms with van der Waals surface area (Å²) in [5.74, 6) is -1.09. The quantitative estimate of drug-likeness (QED) is 0.188. The topological polar surface area (TPSA) is 117 Å². The van der Waals surface area contributed by atoms with Crippen LogP contribution in [0.25, 0.3) is 28.4 Å². The fourth-order valence-corrected chi connectivity index (χ4v) is 7.19. The molecule has 0 radical (unpaired) electrons. The van der Waals surface area contributed by atoms with Crippen LogP contribution in [0, 0.1) is 0 Å². The molecule has 2 aliphatic rings. The van der Waals surface area contributed by atoms with Gasteiger partial charge in [0.1, 0.15) is 11.2 Å². The zero-order valence-electron chi connectivity index (χ0n) is 25.2. The fourth-order valence-electron chi connectivity index (χ4n) is 6.45. The Kier molecular flexibility index (Phi) is 8.02. The van der Waals surface area contributed by atoms with E-state index in [4.69, 9.17) is 10.1 Å². The van der Waals surface area contributed by atoms with Gasteiger partial charge in [0, 0.05) is 54.8 Å². The number of carboxylic acids is 1. The molecule has 2 aromatic carbocycles. The summed E-state index contributed by atoms with van der Waals surface area (Å²) < 4.78 is 2.18. The second kappa shape index (κ2) is 11.9. The number of thiazole rings is 1. The van der Waals surface area contributed by atoms with E-state index in [0.29, 0.717) is 35.6 Å². The van der Waals surface area contributed by atoms with E-state index in [1.54, 1.807) is 35.6 Å². The number of carboxylic acid groups (broad SMARTS) is 1. The summed E-state index contributed by atoms with van der Waals surface area (Å²) in [5, 5.41) is 19.1. The molecule has 228 valence electrons. The Bertz CT molecular complexity index is 1760. The summed E-state index contributed by atoms with van der Waals surface area (Å²) in [5.41, 5.74) is 5.21. The van der Waals surface area contributed by atoms with Crippen LogP contribution in [-0.2, 0) is 16.6 Å². The Morgan fingerprint density at radius 1 is 1.07 bits per heavy atom. The van der Waals surface area contributed by atoms with Crippen molar-refractivity contribution in [3.8, 4) is 11.4 Å². The number of carbonyl (C=O) groups is 3. The van der Waals surface area contributed by atoms with Gasteiger partial charge in [0.2, 0.25) is 5.91 Å². The van der Waals surface area contributed by atoms with Crippen molar-refractivity contribution in [1.29, 1.82) is 0 Å². The number of nitrogens with one attached hydrogen (secondary N) is 2. The minimum atomic E-state index is -1.02. The van der Waals surface area contributed by atoms with E-state index in [2.05, 4.69) is 33.7 Å². The number of aromatic nitrogens is 2. The first-order chi connectivity index (χ1) is 21.1. The molecule has 2 amide bonds. The van der Waals surface area contributed by atoms with Crippen molar-refractivity contribution in [1.82, 2.24) is 14.9 Å². The first kappa shape index (κ1) is 29.6. The maximum atomic E-state index is 13.7. The average Bonchev–Trinajstić information content (AvgIpc) is 3.74. The molecule has 2 heterocycles. The Labute approximate surface area is 260 Å². The molecule has 0 aliphatic heterocycles. The maximum Gasteiger partial charge on any atom is 0.328 e. The SMILES string of the molecule is CN(C)c1nc(-c2c(C3CCCC3)c3ccc(C(=O)NC4(C(=O)Nc5ccc(/C=C/C(=O)O)cc5)CCC4)cc3n2C)cs1. The number of hydrogen-bond donors (Lipinski definition) is 3. The highest BCUT2D eigenvalue weighted by Gasteiger charge is 2.45. The Morgan fingerprint density at radius 3 is 2.41 bits per heavy atom. The van der Waals surface area contributed by atoms with Crippen molar-refractivity contribution < 1.29 is 19.5 Å². The van der Waals surface area contributed by atoms with Gasteiger partial charge in [-0.05, 0) is 79.5 Å². The molecule has 0 spiro atoms. The molecular weight excluding hydrogens is 574 g/mol. The lowest BCUT2D eigenvalue weighted by atomic mass is 9.75. The molecule has 0 atom stereocenters. The van der Waals surface area contributed by atoms with Crippen LogP contribution in [-0.4, -0.2) is 52.1 Å². The number of nitrogens with zero attached hydrogens (tertiary/aromatic N) is 3. The first-order valence-corrected chi connectivity index (χ1v) is 15.9. The van der Waals surface area contributed by atoms with Gasteiger partial charge < -0.3 is 25.2 Å². The third-order valence-electron chi connectivity index (χ3n) is 8.96. The number of aryl methyl sites for hydroxylation is 1. The van der Waals surface area contributed by atoms with E-state index in [1.165, 1.54) is 24.5 Å². The maximum absolute atomic E-state index is 13.7. The van der Waals surface area contributed by atoms with Crippen LogP contribution in [0.3, 0.4) is 0 Å². The lowest BCUT2D eigenvalue weighted by Crippen LogP contribution is -2.61. The second-order valence-electron chi connectivity index (χ2n) is 12.1. The number of carbonyl (C=O) groups excluding carboxylic acids is 2. The van der Waals surface area contributed by atoms with Crippen molar-refractivity contribution in [2.45, 2.75) is 56.4 Å². The molecule has 2 aliphatic carbocycles. The van der Waals surface area contributed by atoms with Gasteiger partial charge in [0.05, 0.1) is 5.69 Å². The first-order valence-electron chi connectivity index (χ1n) is 15.1. The highest BCUT2D eigenvalue weighted by Crippen LogP contribution is 2.45. The summed E-state index contributed by atoms with van der Waals surface area (Å²) in [6.45, 7) is 0. The summed E-state index contributed by atoms with van der Waals surface area (Å²) in [6.07, 6.45) is 9.26. The highest BCUT2D eigenvalue weighted by atomic mass is 32.1. The number of anilines is 2. The summed E-state index contributed by atoms with van der Waals surface area (Å²) in [7, 11) is 6.05. The summed E-state index contributed by atoms with van der Waals surface area (Å²) >= 11 is 1.63. The van der Waals surface area contributed by atoms with Gasteiger partial charge in [-0.1, -0.05) is 31.0 Å². The molecule has 6 rings (SSSR count). The van der Waals surface area contributed by atoms with E-state index in [1.807, 2.05) is 31.1 Å². The molecular formula is C34H37N5O4S. The average molecular weight is 612 g/mol.